The molecule has 27 heavy (non-hydrogen) atoms. The molecule has 146 valence electrons. The standard InChI is InChI=1S/C20H27ClN4O2/c1-19(2)9-14(23)10-20(3,4)25(19)12-13(11-22)18(26)24-15-6-7-17(27-5)16(21)8-15/h6-8,12,14H,9-10,23H2,1-5H3,(H,24,26)/b13-12-. The zero-order chi connectivity index (χ0) is 20.4. The molecule has 1 aliphatic rings. The number of rotatable bonds is 4. The summed E-state index contributed by atoms with van der Waals surface area (Å²) in [5, 5.41) is 12.7. The molecule has 0 unspecified atom stereocenters. The summed E-state index contributed by atoms with van der Waals surface area (Å²) in [6.07, 6.45) is 3.20. The molecule has 1 aromatic rings. The summed E-state index contributed by atoms with van der Waals surface area (Å²) in [5.41, 5.74) is 6.17. The molecule has 1 fully saturated rings. The van der Waals surface area contributed by atoms with Crippen LogP contribution < -0.4 is 15.8 Å². The number of methoxy groups -OCH3 is 1. The molecule has 0 atom stereocenters. The molecule has 0 spiro atoms. The number of hydrogen-bond donors (Lipinski definition) is 2. The normalized spacial score (nSPS) is 19.3. The summed E-state index contributed by atoms with van der Waals surface area (Å²) in [6, 6.07) is 7.01. The van der Waals surface area contributed by atoms with Crippen LogP contribution in [0.2, 0.25) is 5.02 Å². The Hall–Kier alpha value is -2.23. The highest BCUT2D eigenvalue weighted by Crippen LogP contribution is 2.38. The molecular formula is C20H27ClN4O2. The van der Waals surface area contributed by atoms with Crippen molar-refractivity contribution < 1.29 is 9.53 Å². The molecule has 1 aliphatic heterocycles. The second-order valence-corrected chi connectivity index (χ2v) is 8.53. The molecule has 3 N–H and O–H groups in total. The molecule has 1 saturated heterocycles. The van der Waals surface area contributed by atoms with Crippen LogP contribution in [0.25, 0.3) is 0 Å². The average molecular weight is 391 g/mol. The third-order valence-corrected chi connectivity index (χ3v) is 5.16. The third kappa shape index (κ3) is 4.74. The van der Waals surface area contributed by atoms with E-state index >= 15 is 0 Å². The van der Waals surface area contributed by atoms with Crippen molar-refractivity contribution >= 4 is 23.2 Å². The number of nitrogens with zero attached hydrogens (tertiary/aromatic N) is 2. The number of carbonyl (C=O) groups excluding carboxylic acids is 1. The smallest absolute Gasteiger partial charge is 0.267 e. The average Bonchev–Trinajstić information content (AvgIpc) is 2.52. The highest BCUT2D eigenvalue weighted by molar-refractivity contribution is 6.32. The van der Waals surface area contributed by atoms with Crippen molar-refractivity contribution in [2.75, 3.05) is 12.4 Å². The van der Waals surface area contributed by atoms with Gasteiger partial charge in [0.25, 0.3) is 5.91 Å². The van der Waals surface area contributed by atoms with Gasteiger partial charge >= 0.3 is 0 Å². The Morgan fingerprint density at radius 2 is 1.96 bits per heavy atom. The van der Waals surface area contributed by atoms with Gasteiger partial charge in [0.05, 0.1) is 12.1 Å². The SMILES string of the molecule is COc1ccc(NC(=O)/C(C#N)=C\N2C(C)(C)CC(N)CC2(C)C)cc1Cl. The quantitative estimate of drug-likeness (QED) is 0.604. The van der Waals surface area contributed by atoms with Gasteiger partial charge in [0.1, 0.15) is 17.4 Å². The number of likely N-dealkylation sites (tertiary alicyclic amines) is 1. The Bertz CT molecular complexity index is 778. The van der Waals surface area contributed by atoms with Crippen LogP contribution in [-0.2, 0) is 4.79 Å². The fourth-order valence-electron chi connectivity index (χ4n) is 3.93. The minimum Gasteiger partial charge on any atom is -0.495 e. The maximum absolute atomic E-state index is 12.6. The Morgan fingerprint density at radius 1 is 1.37 bits per heavy atom. The second-order valence-electron chi connectivity index (χ2n) is 8.12. The van der Waals surface area contributed by atoms with E-state index in [4.69, 9.17) is 22.1 Å². The van der Waals surface area contributed by atoms with Crippen molar-refractivity contribution in [2.24, 2.45) is 5.73 Å². The van der Waals surface area contributed by atoms with Gasteiger partial charge < -0.3 is 20.7 Å². The fourth-order valence-corrected chi connectivity index (χ4v) is 4.19. The van der Waals surface area contributed by atoms with Crippen LogP contribution in [0.4, 0.5) is 5.69 Å². The van der Waals surface area contributed by atoms with Crippen LogP contribution in [-0.4, -0.2) is 35.0 Å². The van der Waals surface area contributed by atoms with Crippen molar-refractivity contribution in [3.8, 4) is 11.8 Å². The van der Waals surface area contributed by atoms with E-state index in [1.807, 2.05) is 6.07 Å². The molecule has 0 bridgehead atoms. The maximum atomic E-state index is 12.6. The fraction of sp³-hybridized carbons (Fsp3) is 0.500. The number of carbonyl (C=O) groups is 1. The van der Waals surface area contributed by atoms with E-state index in [9.17, 15) is 10.1 Å². The maximum Gasteiger partial charge on any atom is 0.267 e. The first-order chi connectivity index (χ1) is 12.5. The molecule has 0 aromatic heterocycles. The Kier molecular flexibility index (Phi) is 6.08. The van der Waals surface area contributed by atoms with E-state index in [1.54, 1.807) is 24.4 Å². The number of anilines is 1. The number of amides is 1. The van der Waals surface area contributed by atoms with E-state index in [2.05, 4.69) is 37.9 Å². The Labute approximate surface area is 165 Å². The summed E-state index contributed by atoms with van der Waals surface area (Å²) < 4.78 is 5.10. The lowest BCUT2D eigenvalue weighted by Gasteiger charge is -2.54. The molecule has 1 heterocycles. The van der Waals surface area contributed by atoms with Crippen LogP contribution in [0.1, 0.15) is 40.5 Å². The molecule has 1 amide bonds. The van der Waals surface area contributed by atoms with Crippen molar-refractivity contribution in [1.29, 1.82) is 5.26 Å². The summed E-state index contributed by atoms with van der Waals surface area (Å²) in [5.74, 6) is 0.0269. The summed E-state index contributed by atoms with van der Waals surface area (Å²) in [7, 11) is 1.52. The van der Waals surface area contributed by atoms with Crippen molar-refractivity contribution in [3.63, 3.8) is 0 Å². The monoisotopic (exact) mass is 390 g/mol. The number of nitrogens with one attached hydrogen (secondary N) is 1. The lowest BCUT2D eigenvalue weighted by molar-refractivity contribution is -0.112. The van der Waals surface area contributed by atoms with Gasteiger partial charge in [0.15, 0.2) is 0 Å². The molecule has 1 aromatic carbocycles. The summed E-state index contributed by atoms with van der Waals surface area (Å²) >= 11 is 6.09. The minimum atomic E-state index is -0.486. The number of benzene rings is 1. The molecule has 2 rings (SSSR count). The molecule has 0 aliphatic carbocycles. The van der Waals surface area contributed by atoms with E-state index in [-0.39, 0.29) is 22.7 Å². The van der Waals surface area contributed by atoms with Gasteiger partial charge in [0, 0.05) is 29.0 Å². The highest BCUT2D eigenvalue weighted by atomic mass is 35.5. The molecule has 6 nitrogen and oxygen atoms in total. The number of nitriles is 1. The molecule has 0 saturated carbocycles. The lowest BCUT2D eigenvalue weighted by Crippen LogP contribution is -2.61. The van der Waals surface area contributed by atoms with Crippen LogP contribution >= 0.6 is 11.6 Å². The number of halogens is 1. The number of hydrogen-bond acceptors (Lipinski definition) is 5. The van der Waals surface area contributed by atoms with E-state index in [1.165, 1.54) is 7.11 Å². The Morgan fingerprint density at radius 3 is 2.44 bits per heavy atom. The van der Waals surface area contributed by atoms with Crippen LogP contribution in [0, 0.1) is 11.3 Å². The summed E-state index contributed by atoms with van der Waals surface area (Å²) in [4.78, 5) is 14.7. The Balaban J connectivity index is 2.28. The molecular weight excluding hydrogens is 364 g/mol. The van der Waals surface area contributed by atoms with Gasteiger partial charge in [-0.3, -0.25) is 4.79 Å². The van der Waals surface area contributed by atoms with Crippen molar-refractivity contribution in [1.82, 2.24) is 4.90 Å². The van der Waals surface area contributed by atoms with Crippen molar-refractivity contribution in [2.45, 2.75) is 57.7 Å². The van der Waals surface area contributed by atoms with E-state index in [0.717, 1.165) is 12.8 Å². The van der Waals surface area contributed by atoms with Gasteiger partial charge in [0.2, 0.25) is 0 Å². The van der Waals surface area contributed by atoms with Crippen LogP contribution in [0.3, 0.4) is 0 Å². The zero-order valence-electron chi connectivity index (χ0n) is 16.5. The first-order valence-electron chi connectivity index (χ1n) is 8.82. The van der Waals surface area contributed by atoms with Crippen molar-refractivity contribution in [3.05, 3.63) is 35.0 Å². The van der Waals surface area contributed by atoms with Gasteiger partial charge in [-0.05, 0) is 58.7 Å². The second kappa shape index (κ2) is 7.79. The van der Waals surface area contributed by atoms with Gasteiger partial charge in [-0.1, -0.05) is 11.6 Å². The largest absolute Gasteiger partial charge is 0.495 e. The third-order valence-electron chi connectivity index (χ3n) is 4.86. The predicted octanol–water partition coefficient (Wildman–Crippen LogP) is 3.67. The predicted molar refractivity (Wildman–Crippen MR) is 108 cm³/mol. The topological polar surface area (TPSA) is 91.4 Å². The first kappa shape index (κ1) is 21.1. The number of piperidine rings is 1. The number of nitrogens with two attached hydrogens (primary N) is 1. The zero-order valence-corrected chi connectivity index (χ0v) is 17.2. The van der Waals surface area contributed by atoms with Gasteiger partial charge in [-0.15, -0.1) is 0 Å². The number of ether oxygens (including phenoxy) is 1. The lowest BCUT2D eigenvalue weighted by atomic mass is 9.77. The van der Waals surface area contributed by atoms with E-state index in [0.29, 0.717) is 16.5 Å². The molecule has 7 heteroatoms. The minimum absolute atomic E-state index is 0.0264. The van der Waals surface area contributed by atoms with Gasteiger partial charge in [-0.2, -0.15) is 5.26 Å². The first-order valence-corrected chi connectivity index (χ1v) is 9.20. The van der Waals surface area contributed by atoms with Gasteiger partial charge in [-0.25, -0.2) is 0 Å². The molecule has 0 radical (unpaired) electrons. The van der Waals surface area contributed by atoms with Crippen LogP contribution in [0.5, 0.6) is 5.75 Å². The van der Waals surface area contributed by atoms with Crippen LogP contribution in [0.15, 0.2) is 30.0 Å². The highest BCUT2D eigenvalue weighted by Gasteiger charge is 2.43. The van der Waals surface area contributed by atoms with E-state index < -0.39 is 5.91 Å². The summed E-state index contributed by atoms with van der Waals surface area (Å²) in [6.45, 7) is 8.28.